The molecule has 4 atom stereocenters. The summed E-state index contributed by atoms with van der Waals surface area (Å²) in [4.78, 5) is 39.6. The molecule has 1 aliphatic rings. The van der Waals surface area contributed by atoms with Crippen LogP contribution >= 0.6 is 0 Å². The Morgan fingerprint density at radius 1 is 1.08 bits per heavy atom. The first-order chi connectivity index (χ1) is 18.6. The summed E-state index contributed by atoms with van der Waals surface area (Å²) in [6.45, 7) is 13.9. The molecule has 1 aliphatic heterocycles. The quantitative estimate of drug-likeness (QED) is 0.128. The minimum atomic E-state index is -2.27. The summed E-state index contributed by atoms with van der Waals surface area (Å²) in [5.41, 5.74) is 2.27. The Labute approximate surface area is 229 Å². The van der Waals surface area contributed by atoms with Crippen molar-refractivity contribution in [3.8, 4) is 0 Å². The molecular weight excluding hydrogens is 500 g/mol. The Balaban J connectivity index is 0.000000455. The third kappa shape index (κ3) is 9.38. The standard InChI is InChI=1S/C26H34N2O.C4H6O6/c1-4-6-7-10-16-28-17-14-22(21(5-2)19-28)18-20(3)26(29)24-13-15-27-25-12-9-8-11-23(24)25;5-1(3(7)8)2(6)4(9)10/h5,8-9,11-13,15,21-22H,2-4,6-7,10,14,16-19H2,1H3;1-2,5-6H,(H,7,8)(H,9,10). The lowest BCUT2D eigenvalue weighted by molar-refractivity contribution is -0.165. The van der Waals surface area contributed by atoms with Crippen LogP contribution in [0.3, 0.4) is 0 Å². The summed E-state index contributed by atoms with van der Waals surface area (Å²) < 4.78 is 0. The highest BCUT2D eigenvalue weighted by molar-refractivity contribution is 6.15. The van der Waals surface area contributed by atoms with Crippen LogP contribution in [0, 0.1) is 11.8 Å². The number of para-hydroxylation sites is 1. The number of likely N-dealkylation sites (tertiary alicyclic amines) is 1. The molecule has 1 saturated heterocycles. The molecule has 39 heavy (non-hydrogen) atoms. The van der Waals surface area contributed by atoms with Gasteiger partial charge < -0.3 is 25.3 Å². The van der Waals surface area contributed by atoms with Gasteiger partial charge in [0, 0.05) is 23.7 Å². The zero-order valence-corrected chi connectivity index (χ0v) is 22.5. The number of pyridine rings is 1. The van der Waals surface area contributed by atoms with Gasteiger partial charge in [0.2, 0.25) is 0 Å². The van der Waals surface area contributed by atoms with Crippen molar-refractivity contribution in [3.05, 3.63) is 66.9 Å². The predicted molar refractivity (Wildman–Crippen MR) is 149 cm³/mol. The van der Waals surface area contributed by atoms with E-state index in [2.05, 4.69) is 36.0 Å². The molecule has 1 fully saturated rings. The topological polar surface area (TPSA) is 148 Å². The van der Waals surface area contributed by atoms with Crippen LogP contribution in [0.1, 0.15) is 55.8 Å². The van der Waals surface area contributed by atoms with Crippen molar-refractivity contribution in [1.29, 1.82) is 0 Å². The van der Waals surface area contributed by atoms with Crippen LogP contribution in [0.4, 0.5) is 0 Å². The van der Waals surface area contributed by atoms with Crippen molar-refractivity contribution in [1.82, 2.24) is 9.88 Å². The summed E-state index contributed by atoms with van der Waals surface area (Å²) in [7, 11) is 0. The molecule has 212 valence electrons. The minimum absolute atomic E-state index is 0.0495. The number of carboxylic acids is 2. The first kappa shape index (κ1) is 31.8. The number of nitrogens with zero attached hydrogens (tertiary/aromatic N) is 2. The van der Waals surface area contributed by atoms with E-state index in [1.54, 1.807) is 6.20 Å². The molecule has 2 aromatic rings. The van der Waals surface area contributed by atoms with Crippen molar-refractivity contribution >= 4 is 28.6 Å². The van der Waals surface area contributed by atoms with Gasteiger partial charge in [-0.15, -0.1) is 6.58 Å². The molecule has 0 spiro atoms. The highest BCUT2D eigenvalue weighted by Gasteiger charge is 2.30. The van der Waals surface area contributed by atoms with Crippen LogP contribution in [0.5, 0.6) is 0 Å². The number of rotatable bonds is 13. The van der Waals surface area contributed by atoms with E-state index in [9.17, 15) is 14.4 Å². The maximum atomic E-state index is 13.1. The zero-order valence-electron chi connectivity index (χ0n) is 22.5. The Morgan fingerprint density at radius 3 is 2.36 bits per heavy atom. The lowest BCUT2D eigenvalue weighted by atomic mass is 9.80. The van der Waals surface area contributed by atoms with E-state index in [1.165, 1.54) is 32.2 Å². The number of ketones is 1. The number of piperidine rings is 1. The third-order valence-corrected chi connectivity index (χ3v) is 7.05. The smallest absolute Gasteiger partial charge is 0.335 e. The second kappa shape index (κ2) is 15.9. The minimum Gasteiger partial charge on any atom is -0.479 e. The monoisotopic (exact) mass is 540 g/mol. The number of hydrogen-bond acceptors (Lipinski definition) is 7. The third-order valence-electron chi connectivity index (χ3n) is 7.05. The SMILES string of the molecule is C=CC1CN(CCCCCC)CCC1CC(=C)C(=O)c1ccnc2ccccc12.O=C(O)C(O)C(O)C(=O)O. The molecule has 0 bridgehead atoms. The molecule has 1 aromatic heterocycles. The fraction of sp³-hybridized carbons (Fsp3) is 0.467. The molecule has 0 amide bonds. The molecule has 9 nitrogen and oxygen atoms in total. The number of carboxylic acid groups (broad SMARTS) is 2. The number of carbonyl (C=O) groups is 3. The van der Waals surface area contributed by atoms with Crippen LogP contribution in [0.25, 0.3) is 10.9 Å². The molecule has 4 unspecified atom stereocenters. The van der Waals surface area contributed by atoms with Crippen LogP contribution < -0.4 is 0 Å². The van der Waals surface area contributed by atoms with Gasteiger partial charge in [0.1, 0.15) is 0 Å². The second-order valence-corrected chi connectivity index (χ2v) is 9.89. The molecule has 0 saturated carbocycles. The van der Waals surface area contributed by atoms with E-state index in [4.69, 9.17) is 20.4 Å². The fourth-order valence-electron chi connectivity index (χ4n) is 4.75. The maximum absolute atomic E-state index is 13.1. The number of fused-ring (bicyclic) bond motifs is 1. The number of aliphatic carboxylic acids is 2. The van der Waals surface area contributed by atoms with Crippen molar-refractivity contribution in [2.45, 2.75) is 57.7 Å². The summed E-state index contributed by atoms with van der Waals surface area (Å²) in [6.07, 6.45) is 6.32. The summed E-state index contributed by atoms with van der Waals surface area (Å²) in [6, 6.07) is 9.63. The van der Waals surface area contributed by atoms with Gasteiger partial charge >= 0.3 is 11.9 Å². The summed E-state index contributed by atoms with van der Waals surface area (Å²) in [5, 5.41) is 33.4. The Hall–Kier alpha value is -3.40. The Morgan fingerprint density at radius 2 is 1.74 bits per heavy atom. The number of carbonyl (C=O) groups excluding carboxylic acids is 1. The van der Waals surface area contributed by atoms with E-state index in [1.807, 2.05) is 30.3 Å². The first-order valence-electron chi connectivity index (χ1n) is 13.3. The molecule has 2 heterocycles. The average molecular weight is 541 g/mol. The van der Waals surface area contributed by atoms with Gasteiger partial charge in [0.25, 0.3) is 0 Å². The number of hydrogen-bond donors (Lipinski definition) is 4. The van der Waals surface area contributed by atoms with Gasteiger partial charge in [0.05, 0.1) is 5.52 Å². The number of aliphatic hydroxyl groups is 2. The van der Waals surface area contributed by atoms with Gasteiger partial charge in [-0.3, -0.25) is 9.78 Å². The molecule has 4 N–H and O–H groups in total. The number of allylic oxidation sites excluding steroid dienone is 1. The highest BCUT2D eigenvalue weighted by atomic mass is 16.4. The first-order valence-corrected chi connectivity index (χ1v) is 13.3. The Kier molecular flexibility index (Phi) is 13.0. The molecular formula is C30H40N2O7. The van der Waals surface area contributed by atoms with E-state index < -0.39 is 24.1 Å². The van der Waals surface area contributed by atoms with Gasteiger partial charge in [0.15, 0.2) is 18.0 Å². The van der Waals surface area contributed by atoms with Crippen molar-refractivity contribution < 1.29 is 34.8 Å². The van der Waals surface area contributed by atoms with E-state index in [0.29, 0.717) is 23.0 Å². The van der Waals surface area contributed by atoms with Crippen LogP contribution in [0.15, 0.2) is 61.3 Å². The second-order valence-electron chi connectivity index (χ2n) is 9.89. The summed E-state index contributed by atoms with van der Waals surface area (Å²) in [5.74, 6) is -2.61. The van der Waals surface area contributed by atoms with Gasteiger partial charge in [-0.1, -0.05) is 57.0 Å². The normalized spacial score (nSPS) is 18.8. The van der Waals surface area contributed by atoms with Crippen LogP contribution in [0.2, 0.25) is 0 Å². The largest absolute Gasteiger partial charge is 0.479 e. The number of unbranched alkanes of at least 4 members (excludes halogenated alkanes) is 3. The molecule has 1 aromatic carbocycles. The van der Waals surface area contributed by atoms with Gasteiger partial charge in [-0.2, -0.15) is 0 Å². The average Bonchev–Trinajstić information content (AvgIpc) is 2.94. The van der Waals surface area contributed by atoms with Gasteiger partial charge in [-0.05, 0) is 61.9 Å². The zero-order chi connectivity index (χ0) is 28.9. The lowest BCUT2D eigenvalue weighted by Crippen LogP contribution is -2.40. The van der Waals surface area contributed by atoms with E-state index >= 15 is 0 Å². The van der Waals surface area contributed by atoms with Crippen LogP contribution in [-0.2, 0) is 9.59 Å². The highest BCUT2D eigenvalue weighted by Crippen LogP contribution is 2.31. The van der Waals surface area contributed by atoms with Gasteiger partial charge in [-0.25, -0.2) is 9.59 Å². The van der Waals surface area contributed by atoms with E-state index in [0.717, 1.165) is 36.8 Å². The van der Waals surface area contributed by atoms with Crippen LogP contribution in [-0.4, -0.2) is 79.9 Å². The van der Waals surface area contributed by atoms with Crippen molar-refractivity contribution in [2.75, 3.05) is 19.6 Å². The van der Waals surface area contributed by atoms with E-state index in [-0.39, 0.29) is 5.78 Å². The molecule has 9 heteroatoms. The van der Waals surface area contributed by atoms with Crippen molar-refractivity contribution in [3.63, 3.8) is 0 Å². The molecule has 0 aliphatic carbocycles. The summed E-state index contributed by atoms with van der Waals surface area (Å²) >= 11 is 0. The molecule has 0 radical (unpaired) electrons. The number of aromatic nitrogens is 1. The number of Topliss-reactive ketones (excluding diaryl/α,β-unsaturated/α-hetero) is 1. The maximum Gasteiger partial charge on any atom is 0.335 e. The number of benzene rings is 1. The fourth-order valence-corrected chi connectivity index (χ4v) is 4.75. The van der Waals surface area contributed by atoms with Crippen molar-refractivity contribution in [2.24, 2.45) is 11.8 Å². The Bertz CT molecular complexity index is 1130. The lowest BCUT2D eigenvalue weighted by Gasteiger charge is -2.37. The molecule has 3 rings (SSSR count). The number of aliphatic hydroxyl groups excluding tert-OH is 2. The predicted octanol–water partition coefficient (Wildman–Crippen LogP) is 3.95.